The number of benzene rings is 5. The van der Waals surface area contributed by atoms with Gasteiger partial charge in [0, 0.05) is 184 Å². The minimum Gasteiger partial charge on any atom is -0.392 e. The van der Waals surface area contributed by atoms with Gasteiger partial charge in [-0.2, -0.15) is 20.1 Å². The summed E-state index contributed by atoms with van der Waals surface area (Å²) in [5, 5.41) is 42.8. The average molecular weight is 1490 g/mol. The Kier molecular flexibility index (Phi) is 25.6. The summed E-state index contributed by atoms with van der Waals surface area (Å²) < 4.78 is 1.98. The Morgan fingerprint density at radius 1 is 0.360 bits per heavy atom. The van der Waals surface area contributed by atoms with Crippen molar-refractivity contribution in [3.05, 3.63) is 241 Å². The lowest BCUT2D eigenvalue weighted by Gasteiger charge is -2.34. The number of nitrogens with one attached hydrogen (secondary N) is 6. The fourth-order valence-electron chi connectivity index (χ4n) is 13.0. The van der Waals surface area contributed by atoms with Gasteiger partial charge in [0.1, 0.15) is 19.0 Å². The highest BCUT2D eigenvalue weighted by Gasteiger charge is 2.26. The quantitative estimate of drug-likeness (QED) is 0.0252. The minimum atomic E-state index is -0.402. The van der Waals surface area contributed by atoms with E-state index < -0.39 is 12.2 Å². The van der Waals surface area contributed by atoms with Crippen LogP contribution in [-0.4, -0.2) is 212 Å². The molecule has 5 aromatic carbocycles. The van der Waals surface area contributed by atoms with Crippen LogP contribution in [0.1, 0.15) is 53.6 Å². The molecule has 0 spiro atoms. The molecular weight excluding hydrogens is 1400 g/mol. The average Bonchev–Trinajstić information content (AvgIpc) is 0.863. The van der Waals surface area contributed by atoms with Gasteiger partial charge in [-0.05, 0) is 121 Å². The van der Waals surface area contributed by atoms with Crippen molar-refractivity contribution in [3.63, 3.8) is 0 Å². The summed E-state index contributed by atoms with van der Waals surface area (Å²) in [4.78, 5) is 80.7. The van der Waals surface area contributed by atoms with Gasteiger partial charge in [0.05, 0.1) is 24.1 Å². The molecule has 4 saturated heterocycles. The zero-order valence-corrected chi connectivity index (χ0v) is 62.4. The van der Waals surface area contributed by atoms with E-state index in [9.17, 15) is 10.2 Å². The molecule has 16 rings (SSSR count). The Bertz CT molecular complexity index is 4560. The maximum atomic E-state index is 9.41. The van der Waals surface area contributed by atoms with Crippen molar-refractivity contribution < 1.29 is 10.2 Å². The van der Waals surface area contributed by atoms with Crippen LogP contribution < -0.4 is 61.3 Å². The summed E-state index contributed by atoms with van der Waals surface area (Å²) in [6.07, 6.45) is 22.9. The second-order valence-electron chi connectivity index (χ2n) is 27.7. The SMILES string of the molecule is C[C@@H](O)CNc1ccc(Nc2ncnc(N3CCN(c4ncc(Cc5ccccc5)cn4)CC3)n2)cc1.C[C@H](O)CNc1ccc(Nc2ncnc(N3CCN(c4ncc(Cc5ccccc5)cn4)CC3)n2)cc1.c1ccc(Cc2cnc(N3CCN(c4ncnc(Nc5cnn(CC6CCNC6)c5)n4)CC3)nc2)cc1. The summed E-state index contributed by atoms with van der Waals surface area (Å²) in [6.45, 7) is 16.9. The molecule has 0 bridgehead atoms. The second-order valence-corrected chi connectivity index (χ2v) is 27.7. The van der Waals surface area contributed by atoms with Crippen molar-refractivity contribution in [3.8, 4) is 0 Å². The second kappa shape index (κ2) is 37.9. The van der Waals surface area contributed by atoms with E-state index >= 15 is 0 Å². The van der Waals surface area contributed by atoms with E-state index in [4.69, 9.17) is 0 Å². The molecule has 0 saturated carbocycles. The molecule has 1 unspecified atom stereocenters. The summed E-state index contributed by atoms with van der Waals surface area (Å²) in [6, 6.07) is 46.6. The number of piperazine rings is 3. The third kappa shape index (κ3) is 22.2. The van der Waals surface area contributed by atoms with Gasteiger partial charge in [-0.25, -0.2) is 59.8 Å². The van der Waals surface area contributed by atoms with Crippen LogP contribution in [-0.2, 0) is 25.8 Å². The number of nitrogens with zero attached hydrogens (tertiary/aromatic N) is 23. The normalized spacial score (nSPS) is 15.5. The Labute approximate surface area is 645 Å². The van der Waals surface area contributed by atoms with Crippen molar-refractivity contribution >= 4 is 82.0 Å². The van der Waals surface area contributed by atoms with E-state index in [2.05, 4.69) is 190 Å². The number of rotatable bonds is 26. The van der Waals surface area contributed by atoms with Crippen molar-refractivity contribution in [2.24, 2.45) is 5.92 Å². The van der Waals surface area contributed by atoms with Crippen LogP contribution in [0.5, 0.6) is 0 Å². The molecule has 0 aliphatic carbocycles. The molecule has 31 heteroatoms. The lowest BCUT2D eigenvalue weighted by Crippen LogP contribution is -2.47. The Morgan fingerprint density at radius 3 is 0.991 bits per heavy atom. The predicted molar refractivity (Wildman–Crippen MR) is 433 cm³/mol. The molecule has 8 N–H and O–H groups in total. The highest BCUT2D eigenvalue weighted by atomic mass is 16.3. The molecule has 111 heavy (non-hydrogen) atoms. The Balaban J connectivity index is 0.000000139. The fraction of sp³-hybridized carbons (Fsp3) is 0.325. The molecule has 11 heterocycles. The first-order chi connectivity index (χ1) is 54.5. The van der Waals surface area contributed by atoms with Crippen molar-refractivity contribution in [2.45, 2.75) is 58.3 Å². The number of aliphatic hydroxyl groups is 2. The van der Waals surface area contributed by atoms with Crippen molar-refractivity contribution in [1.29, 1.82) is 0 Å². The monoisotopic (exact) mass is 1490 g/mol. The van der Waals surface area contributed by atoms with Gasteiger partial charge in [-0.3, -0.25) is 4.68 Å². The molecule has 4 aliphatic rings. The molecule has 31 nitrogen and oxygen atoms in total. The van der Waals surface area contributed by atoms with Crippen LogP contribution in [0.4, 0.5) is 82.0 Å². The third-order valence-electron chi connectivity index (χ3n) is 19.0. The van der Waals surface area contributed by atoms with Crippen LogP contribution in [0.3, 0.4) is 0 Å². The summed E-state index contributed by atoms with van der Waals surface area (Å²) >= 11 is 0. The van der Waals surface area contributed by atoms with Crippen molar-refractivity contribution in [1.82, 2.24) is 89.9 Å². The first-order valence-corrected chi connectivity index (χ1v) is 37.7. The molecule has 0 radical (unpaired) electrons. The summed E-state index contributed by atoms with van der Waals surface area (Å²) in [7, 11) is 0. The van der Waals surface area contributed by atoms with E-state index in [0.29, 0.717) is 54.7 Å². The van der Waals surface area contributed by atoms with Gasteiger partial charge in [0.15, 0.2) is 0 Å². The van der Waals surface area contributed by atoms with E-state index in [0.717, 1.165) is 180 Å². The Morgan fingerprint density at radius 2 is 0.676 bits per heavy atom. The van der Waals surface area contributed by atoms with Crippen LogP contribution >= 0.6 is 0 Å². The smallest absolute Gasteiger partial charge is 0.232 e. The highest BCUT2D eigenvalue weighted by Crippen LogP contribution is 2.25. The number of hydrogen-bond acceptors (Lipinski definition) is 30. The van der Waals surface area contributed by atoms with Gasteiger partial charge in [-0.1, -0.05) is 91.0 Å². The lowest BCUT2D eigenvalue weighted by atomic mass is 10.1. The molecule has 0 amide bonds. The van der Waals surface area contributed by atoms with E-state index in [1.807, 2.05) is 145 Å². The summed E-state index contributed by atoms with van der Waals surface area (Å²) in [5.74, 6) is 6.36. The molecule has 7 aromatic heterocycles. The third-order valence-corrected chi connectivity index (χ3v) is 19.0. The first-order valence-electron chi connectivity index (χ1n) is 37.7. The molecular formula is C80H93N29O2. The van der Waals surface area contributed by atoms with Crippen LogP contribution in [0.25, 0.3) is 0 Å². The zero-order valence-electron chi connectivity index (χ0n) is 62.4. The van der Waals surface area contributed by atoms with E-state index in [1.54, 1.807) is 20.2 Å². The van der Waals surface area contributed by atoms with E-state index in [1.165, 1.54) is 35.8 Å². The van der Waals surface area contributed by atoms with Crippen LogP contribution in [0, 0.1) is 5.92 Å². The zero-order chi connectivity index (χ0) is 75.8. The van der Waals surface area contributed by atoms with Crippen molar-refractivity contribution in [2.75, 3.05) is 161 Å². The topological polar surface area (TPSA) is 343 Å². The maximum absolute atomic E-state index is 9.41. The molecule has 4 aliphatic heterocycles. The van der Waals surface area contributed by atoms with Gasteiger partial charge >= 0.3 is 0 Å². The number of aliphatic hydroxyl groups excluding tert-OH is 2. The molecule has 570 valence electrons. The minimum absolute atomic E-state index is 0.402. The number of hydrogen-bond donors (Lipinski definition) is 8. The van der Waals surface area contributed by atoms with E-state index in [-0.39, 0.29) is 0 Å². The van der Waals surface area contributed by atoms with Gasteiger partial charge in [-0.15, -0.1) is 0 Å². The summed E-state index contributed by atoms with van der Waals surface area (Å²) in [5.41, 5.74) is 11.6. The largest absolute Gasteiger partial charge is 0.392 e. The van der Waals surface area contributed by atoms with Gasteiger partial charge in [0.25, 0.3) is 0 Å². The molecule has 3 atom stereocenters. The fourth-order valence-corrected chi connectivity index (χ4v) is 13.0. The van der Waals surface area contributed by atoms with Crippen LogP contribution in [0.15, 0.2) is 208 Å². The van der Waals surface area contributed by atoms with Gasteiger partial charge in [0.2, 0.25) is 53.5 Å². The standard InChI is InChI=1S/2C27H31N9O.C26H31N11/c2*1-20(37)16-28-23-7-9-24(10-8-23)33-25-31-19-32-27(34-25)36-13-11-35(12-14-36)26-29-17-22(18-30-26)15-21-5-3-2-4-6-21;1-2-4-20(5-3-1)12-22-14-28-25(29-15-22)35-8-10-36(11-9-35)26-31-19-30-24(34-26)33-23-16-32-37(18-23)17-21-6-7-27-13-21/h2*2-10,17-20,28,37H,11-16H2,1H3,(H,31,32,33,34);1-5,14-16,18-19,21,27H,6-13,17H2,(H,30,31,33,34)/t2*20-;/m10./s1. The molecule has 12 aromatic rings. The number of aromatic nitrogens is 17. The number of anilines is 14. The van der Waals surface area contributed by atoms with Crippen LogP contribution in [0.2, 0.25) is 0 Å². The highest BCUT2D eigenvalue weighted by molar-refractivity contribution is 5.61. The van der Waals surface area contributed by atoms with Gasteiger partial charge < -0.3 is 71.5 Å². The maximum Gasteiger partial charge on any atom is 0.232 e. The predicted octanol–water partition coefficient (Wildman–Crippen LogP) is 8.36. The first kappa shape index (κ1) is 75.1. The Hall–Kier alpha value is -12.7. The molecule has 4 fully saturated rings. The lowest BCUT2D eigenvalue weighted by molar-refractivity contribution is 0.208.